The fraction of sp³-hybridized carbons (Fsp3) is 0.419. The molecule has 37 heavy (non-hydrogen) atoms. The molecule has 0 amide bonds. The van der Waals surface area contributed by atoms with Gasteiger partial charge in [-0.3, -0.25) is 9.59 Å². The minimum absolute atomic E-state index is 0.171. The molecule has 2 aromatic rings. The second kappa shape index (κ2) is 11.3. The Kier molecular flexibility index (Phi) is 7.84. The normalized spacial score (nSPS) is 18.2. The Balaban J connectivity index is 1.57. The zero-order valence-corrected chi connectivity index (χ0v) is 23.2. The minimum Gasteiger partial charge on any atom is -0.490 e. The van der Waals surface area contributed by atoms with Crippen molar-refractivity contribution in [3.63, 3.8) is 0 Å². The molecule has 0 fully saturated rings. The molecule has 0 atom stereocenters. The van der Waals surface area contributed by atoms with Crippen molar-refractivity contribution in [3.05, 3.63) is 80.6 Å². The van der Waals surface area contributed by atoms with Gasteiger partial charge < -0.3 is 14.4 Å². The first-order chi connectivity index (χ1) is 18.0. The van der Waals surface area contributed by atoms with Crippen LogP contribution in [0.25, 0.3) is 0 Å². The van der Waals surface area contributed by atoms with Gasteiger partial charge in [-0.2, -0.15) is 0 Å². The molecule has 3 aliphatic rings. The van der Waals surface area contributed by atoms with Crippen molar-refractivity contribution in [3.8, 4) is 11.5 Å². The number of carbonyl (C=O) groups is 2. The molecule has 2 aromatic carbocycles. The van der Waals surface area contributed by atoms with Gasteiger partial charge >= 0.3 is 0 Å². The van der Waals surface area contributed by atoms with Crippen LogP contribution in [0.4, 0.5) is 0 Å². The fourth-order valence-electron chi connectivity index (χ4n) is 5.91. The fourth-order valence-corrected chi connectivity index (χ4v) is 6.31. The predicted molar refractivity (Wildman–Crippen MR) is 148 cm³/mol. The first-order valence-corrected chi connectivity index (χ1v) is 14.3. The summed E-state index contributed by atoms with van der Waals surface area (Å²) in [6, 6.07) is 13.9. The van der Waals surface area contributed by atoms with E-state index in [4.69, 9.17) is 9.47 Å². The molecule has 5 rings (SSSR count). The van der Waals surface area contributed by atoms with Gasteiger partial charge in [-0.1, -0.05) is 47.1 Å². The zero-order valence-electron chi connectivity index (χ0n) is 21.6. The molecular formula is C31H34BrNO4. The SMILES string of the molecule is CCCN1C2=C(C(=O)CCC2)C(c2ccc(OCc3ccccc3Br)c(OCC)c2)C2=C1CCCC2=O. The smallest absolute Gasteiger partial charge is 0.161 e. The number of benzene rings is 2. The molecule has 0 aromatic heterocycles. The summed E-state index contributed by atoms with van der Waals surface area (Å²) in [4.78, 5) is 29.2. The van der Waals surface area contributed by atoms with Crippen LogP contribution in [0.3, 0.4) is 0 Å². The topological polar surface area (TPSA) is 55.8 Å². The van der Waals surface area contributed by atoms with Gasteiger partial charge in [0.05, 0.1) is 6.61 Å². The summed E-state index contributed by atoms with van der Waals surface area (Å²) in [5.41, 5.74) is 5.87. The summed E-state index contributed by atoms with van der Waals surface area (Å²) in [5.74, 6) is 1.29. The third-order valence-electron chi connectivity index (χ3n) is 7.48. The number of halogens is 1. The number of ether oxygens (including phenoxy) is 2. The molecule has 0 saturated heterocycles. The second-order valence-electron chi connectivity index (χ2n) is 9.88. The monoisotopic (exact) mass is 563 g/mol. The highest BCUT2D eigenvalue weighted by atomic mass is 79.9. The first-order valence-electron chi connectivity index (χ1n) is 13.5. The van der Waals surface area contributed by atoms with Crippen molar-refractivity contribution in [1.29, 1.82) is 0 Å². The summed E-state index contributed by atoms with van der Waals surface area (Å²) < 4.78 is 13.2. The number of Topliss-reactive ketones (excluding diaryl/α,β-unsaturated/α-hetero) is 2. The van der Waals surface area contributed by atoms with E-state index in [0.717, 1.165) is 76.8 Å². The van der Waals surface area contributed by atoms with Crippen LogP contribution in [-0.2, 0) is 16.2 Å². The molecule has 0 N–H and O–H groups in total. The minimum atomic E-state index is -0.338. The van der Waals surface area contributed by atoms with Gasteiger partial charge in [-0.25, -0.2) is 0 Å². The molecule has 1 aliphatic heterocycles. The number of rotatable bonds is 8. The number of carbonyl (C=O) groups excluding carboxylic acids is 2. The maximum atomic E-state index is 13.4. The molecule has 194 valence electrons. The molecular weight excluding hydrogens is 530 g/mol. The van der Waals surface area contributed by atoms with Gasteiger partial charge in [-0.05, 0) is 62.8 Å². The average Bonchev–Trinajstić information content (AvgIpc) is 2.90. The lowest BCUT2D eigenvalue weighted by Crippen LogP contribution is -2.39. The van der Waals surface area contributed by atoms with E-state index in [1.807, 2.05) is 49.4 Å². The largest absolute Gasteiger partial charge is 0.490 e. The van der Waals surface area contributed by atoms with Crippen LogP contribution < -0.4 is 9.47 Å². The number of hydrogen-bond donors (Lipinski definition) is 0. The third-order valence-corrected chi connectivity index (χ3v) is 8.25. The quantitative estimate of drug-likeness (QED) is 0.338. The molecule has 1 heterocycles. The summed E-state index contributed by atoms with van der Waals surface area (Å²) in [6.07, 6.45) is 5.55. The molecule has 5 nitrogen and oxygen atoms in total. The van der Waals surface area contributed by atoms with E-state index in [0.29, 0.717) is 37.6 Å². The lowest BCUT2D eigenvalue weighted by molar-refractivity contribution is -0.117. The van der Waals surface area contributed by atoms with Gasteiger partial charge in [0.1, 0.15) is 6.61 Å². The van der Waals surface area contributed by atoms with Crippen LogP contribution in [0, 0.1) is 0 Å². The summed E-state index contributed by atoms with van der Waals surface area (Å²) in [5, 5.41) is 0. The van der Waals surface area contributed by atoms with Gasteiger partial charge in [0.25, 0.3) is 0 Å². The van der Waals surface area contributed by atoms with E-state index < -0.39 is 0 Å². The average molecular weight is 565 g/mol. The molecule has 2 aliphatic carbocycles. The Morgan fingerprint density at radius 2 is 1.54 bits per heavy atom. The lowest BCUT2D eigenvalue weighted by atomic mass is 9.71. The van der Waals surface area contributed by atoms with E-state index in [1.54, 1.807) is 0 Å². The molecule has 0 radical (unpaired) electrons. The molecule has 0 saturated carbocycles. The highest BCUT2D eigenvalue weighted by Gasteiger charge is 2.43. The Morgan fingerprint density at radius 3 is 2.16 bits per heavy atom. The van der Waals surface area contributed by atoms with Crippen LogP contribution in [0.2, 0.25) is 0 Å². The zero-order chi connectivity index (χ0) is 25.9. The number of allylic oxidation sites excluding steroid dienone is 4. The van der Waals surface area contributed by atoms with Crippen LogP contribution in [-0.4, -0.2) is 29.6 Å². The predicted octanol–water partition coefficient (Wildman–Crippen LogP) is 7.25. The third kappa shape index (κ3) is 5.00. The van der Waals surface area contributed by atoms with Crippen molar-refractivity contribution < 1.29 is 19.1 Å². The van der Waals surface area contributed by atoms with Crippen molar-refractivity contribution in [2.45, 2.75) is 71.3 Å². The van der Waals surface area contributed by atoms with E-state index >= 15 is 0 Å². The number of ketones is 2. The molecule has 6 heteroatoms. The summed E-state index contributed by atoms with van der Waals surface area (Å²) in [7, 11) is 0. The Labute approximate surface area is 227 Å². The van der Waals surface area contributed by atoms with Gasteiger partial charge in [0, 0.05) is 57.9 Å². The van der Waals surface area contributed by atoms with Gasteiger partial charge in [0.15, 0.2) is 23.1 Å². The maximum Gasteiger partial charge on any atom is 0.161 e. The van der Waals surface area contributed by atoms with Gasteiger partial charge in [0.2, 0.25) is 0 Å². The van der Waals surface area contributed by atoms with Crippen molar-refractivity contribution in [2.24, 2.45) is 0 Å². The van der Waals surface area contributed by atoms with Crippen LogP contribution in [0.15, 0.2) is 69.5 Å². The molecule has 0 bridgehead atoms. The lowest BCUT2D eigenvalue weighted by Gasteiger charge is -2.44. The van der Waals surface area contributed by atoms with E-state index in [2.05, 4.69) is 27.8 Å². The standard InChI is InChI=1S/C31H34BrNO4/c1-3-17-33-23-11-7-13-25(34)30(23)29(31-24(33)12-8-14-26(31)35)20-15-16-27(28(18-20)36-4-2)37-19-21-9-5-6-10-22(21)32/h5-6,9-10,15-16,18,29H,3-4,7-8,11-14,17,19H2,1-2H3. The number of hydrogen-bond acceptors (Lipinski definition) is 5. The second-order valence-corrected chi connectivity index (χ2v) is 10.7. The van der Waals surface area contributed by atoms with Crippen LogP contribution >= 0.6 is 15.9 Å². The van der Waals surface area contributed by atoms with Crippen molar-refractivity contribution >= 4 is 27.5 Å². The van der Waals surface area contributed by atoms with E-state index in [9.17, 15) is 9.59 Å². The van der Waals surface area contributed by atoms with E-state index in [-0.39, 0.29) is 17.5 Å². The van der Waals surface area contributed by atoms with Crippen molar-refractivity contribution in [1.82, 2.24) is 4.90 Å². The number of nitrogens with zero attached hydrogens (tertiary/aromatic N) is 1. The first kappa shape index (κ1) is 25.8. The van der Waals surface area contributed by atoms with E-state index in [1.165, 1.54) is 0 Å². The maximum absolute atomic E-state index is 13.4. The summed E-state index contributed by atoms with van der Waals surface area (Å²) >= 11 is 3.59. The highest BCUT2D eigenvalue weighted by molar-refractivity contribution is 9.10. The Morgan fingerprint density at radius 1 is 0.865 bits per heavy atom. The highest BCUT2D eigenvalue weighted by Crippen LogP contribution is 2.50. The van der Waals surface area contributed by atoms with Crippen LogP contribution in [0.1, 0.15) is 75.8 Å². The molecule has 0 unspecified atom stereocenters. The molecule has 0 spiro atoms. The Bertz CT molecular complexity index is 1230. The van der Waals surface area contributed by atoms with Gasteiger partial charge in [-0.15, -0.1) is 0 Å². The summed E-state index contributed by atoms with van der Waals surface area (Å²) in [6.45, 7) is 5.84. The van der Waals surface area contributed by atoms with Crippen LogP contribution in [0.5, 0.6) is 11.5 Å². The van der Waals surface area contributed by atoms with Crippen molar-refractivity contribution in [2.75, 3.05) is 13.2 Å². The Hall–Kier alpha value is -2.86.